The van der Waals surface area contributed by atoms with Gasteiger partial charge in [-0.1, -0.05) is 23.7 Å². The summed E-state index contributed by atoms with van der Waals surface area (Å²) in [5.74, 6) is 0.117. The van der Waals surface area contributed by atoms with Gasteiger partial charge in [0.15, 0.2) is 0 Å². The van der Waals surface area contributed by atoms with Gasteiger partial charge in [0, 0.05) is 47.0 Å². The number of aromatic amines is 1. The minimum atomic E-state index is -1.16. The van der Waals surface area contributed by atoms with Gasteiger partial charge >= 0.3 is 0 Å². The van der Waals surface area contributed by atoms with E-state index in [2.05, 4.69) is 20.2 Å². The number of likely N-dealkylation sites (tertiary alicyclic amines) is 1. The molecule has 166 valence electrons. The average Bonchev–Trinajstić information content (AvgIpc) is 3.47. The van der Waals surface area contributed by atoms with Crippen LogP contribution >= 0.6 is 11.6 Å². The molecular weight excluding hydrogens is 426 g/mol. The number of amides is 1. The lowest BCUT2D eigenvalue weighted by Gasteiger charge is -2.36. The molecule has 1 aromatic carbocycles. The number of nitrogens with one attached hydrogen (secondary N) is 1. The Hall–Kier alpha value is -2.77. The second-order valence-electron chi connectivity index (χ2n) is 8.77. The molecule has 1 saturated heterocycles. The molecule has 32 heavy (non-hydrogen) atoms. The molecule has 3 aromatic rings. The highest BCUT2D eigenvalue weighted by atomic mass is 35.5. The highest BCUT2D eigenvalue weighted by Crippen LogP contribution is 2.40. The van der Waals surface area contributed by atoms with Gasteiger partial charge in [0.2, 0.25) is 0 Å². The fourth-order valence-corrected chi connectivity index (χ4v) is 5.13. The monoisotopic (exact) mass is 451 g/mol. The molecule has 0 unspecified atom stereocenters. The molecule has 1 amide bonds. The van der Waals surface area contributed by atoms with E-state index >= 15 is 0 Å². The summed E-state index contributed by atoms with van der Waals surface area (Å²) in [6.45, 7) is 1.26. The Kier molecular flexibility index (Phi) is 5.69. The molecule has 0 spiro atoms. The zero-order valence-corrected chi connectivity index (χ0v) is 18.6. The van der Waals surface area contributed by atoms with Crippen LogP contribution in [-0.2, 0) is 4.79 Å². The van der Waals surface area contributed by atoms with Crippen molar-refractivity contribution in [3.63, 3.8) is 0 Å². The topological polar surface area (TPSA) is 95.0 Å². The van der Waals surface area contributed by atoms with Crippen LogP contribution in [0.5, 0.6) is 0 Å². The number of nitrogens with zero attached hydrogens (tertiary/aromatic N) is 4. The molecule has 8 heteroatoms. The van der Waals surface area contributed by atoms with Gasteiger partial charge in [-0.3, -0.25) is 9.89 Å². The Balaban J connectivity index is 1.42. The maximum absolute atomic E-state index is 12.9. The quantitative estimate of drug-likeness (QED) is 0.619. The molecule has 0 atom stereocenters. The average molecular weight is 452 g/mol. The van der Waals surface area contributed by atoms with Crippen molar-refractivity contribution >= 4 is 17.5 Å². The van der Waals surface area contributed by atoms with Crippen LogP contribution in [-0.4, -0.2) is 54.8 Å². The number of piperidine rings is 1. The predicted octanol–water partition coefficient (Wildman–Crippen LogP) is 4.20. The summed E-state index contributed by atoms with van der Waals surface area (Å²) < 4.78 is 0. The number of aromatic nitrogens is 4. The third-order valence-electron chi connectivity index (χ3n) is 6.77. The lowest BCUT2D eigenvalue weighted by Crippen LogP contribution is -2.49. The van der Waals surface area contributed by atoms with Crippen LogP contribution in [0.1, 0.15) is 50.1 Å². The first-order chi connectivity index (χ1) is 15.5. The van der Waals surface area contributed by atoms with E-state index in [0.29, 0.717) is 31.0 Å². The summed E-state index contributed by atoms with van der Waals surface area (Å²) >= 11 is 6.08. The van der Waals surface area contributed by atoms with Crippen molar-refractivity contribution in [2.45, 2.75) is 50.0 Å². The highest BCUT2D eigenvalue weighted by Gasteiger charge is 2.42. The Morgan fingerprint density at radius 3 is 2.50 bits per heavy atom. The van der Waals surface area contributed by atoms with Gasteiger partial charge in [0.1, 0.15) is 17.6 Å². The van der Waals surface area contributed by atoms with Crippen LogP contribution < -0.4 is 0 Å². The number of carbonyl (C=O) groups excluding carboxylic acids is 1. The van der Waals surface area contributed by atoms with Crippen molar-refractivity contribution in [1.29, 1.82) is 0 Å². The second-order valence-corrected chi connectivity index (χ2v) is 9.20. The maximum atomic E-state index is 12.9. The van der Waals surface area contributed by atoms with Crippen molar-refractivity contribution in [2.24, 2.45) is 0 Å². The Labute approximate surface area is 191 Å². The number of H-pyrrole nitrogens is 1. The number of carbonyl (C=O) groups is 1. The number of benzene rings is 1. The number of rotatable bonds is 4. The van der Waals surface area contributed by atoms with Gasteiger partial charge in [0.05, 0.1) is 5.69 Å². The van der Waals surface area contributed by atoms with E-state index in [1.165, 1.54) is 0 Å². The SMILES string of the molecule is O=C(N1CCC(c2[nH]nc(-c3ccc(Cl)cc3)c2-c2ccncn2)CC1)C1(O)CCCC1. The van der Waals surface area contributed by atoms with Crippen molar-refractivity contribution in [1.82, 2.24) is 25.1 Å². The summed E-state index contributed by atoms with van der Waals surface area (Å²) in [6, 6.07) is 9.51. The lowest BCUT2D eigenvalue weighted by molar-refractivity contribution is -0.151. The van der Waals surface area contributed by atoms with E-state index in [4.69, 9.17) is 11.6 Å². The summed E-state index contributed by atoms with van der Waals surface area (Å²) in [6.07, 6.45) is 7.88. The zero-order chi connectivity index (χ0) is 22.1. The third kappa shape index (κ3) is 3.91. The third-order valence-corrected chi connectivity index (χ3v) is 7.02. The van der Waals surface area contributed by atoms with Gasteiger partial charge in [-0.25, -0.2) is 9.97 Å². The molecule has 0 radical (unpaired) electrons. The van der Waals surface area contributed by atoms with Gasteiger partial charge in [-0.05, 0) is 56.7 Å². The number of halogens is 1. The van der Waals surface area contributed by atoms with Crippen LogP contribution in [0.15, 0.2) is 42.9 Å². The molecular formula is C24H26ClN5O2. The van der Waals surface area contributed by atoms with E-state index in [1.807, 2.05) is 35.2 Å². The first-order valence-corrected chi connectivity index (χ1v) is 11.6. The van der Waals surface area contributed by atoms with Crippen molar-refractivity contribution in [3.8, 4) is 22.5 Å². The molecule has 2 aromatic heterocycles. The summed E-state index contributed by atoms with van der Waals surface area (Å²) in [5.41, 5.74) is 3.44. The minimum absolute atomic E-state index is 0.101. The molecule has 2 N–H and O–H groups in total. The first kappa shape index (κ1) is 21.1. The van der Waals surface area contributed by atoms with Gasteiger partial charge in [0.25, 0.3) is 5.91 Å². The maximum Gasteiger partial charge on any atom is 0.254 e. The fourth-order valence-electron chi connectivity index (χ4n) is 5.00. The number of hydrogen-bond acceptors (Lipinski definition) is 5. The second kappa shape index (κ2) is 8.64. The number of hydrogen-bond donors (Lipinski definition) is 2. The molecule has 0 bridgehead atoms. The first-order valence-electron chi connectivity index (χ1n) is 11.2. The van der Waals surface area contributed by atoms with E-state index in [9.17, 15) is 9.90 Å². The van der Waals surface area contributed by atoms with Crippen molar-refractivity contribution < 1.29 is 9.90 Å². The minimum Gasteiger partial charge on any atom is -0.380 e. The van der Waals surface area contributed by atoms with E-state index in [0.717, 1.165) is 53.9 Å². The van der Waals surface area contributed by atoms with Crippen LogP contribution in [0.3, 0.4) is 0 Å². The normalized spacial score (nSPS) is 18.8. The van der Waals surface area contributed by atoms with Crippen molar-refractivity contribution in [2.75, 3.05) is 13.1 Å². The Morgan fingerprint density at radius 1 is 1.12 bits per heavy atom. The van der Waals surface area contributed by atoms with Crippen LogP contribution in [0.25, 0.3) is 22.5 Å². The predicted molar refractivity (Wildman–Crippen MR) is 122 cm³/mol. The molecule has 1 saturated carbocycles. The molecule has 2 aliphatic rings. The lowest BCUT2D eigenvalue weighted by atomic mass is 9.88. The molecule has 5 rings (SSSR count). The number of aliphatic hydroxyl groups is 1. The Bertz CT molecular complexity index is 1090. The van der Waals surface area contributed by atoms with E-state index < -0.39 is 5.60 Å². The van der Waals surface area contributed by atoms with Gasteiger partial charge in [-0.15, -0.1) is 0 Å². The Morgan fingerprint density at radius 2 is 1.84 bits per heavy atom. The summed E-state index contributed by atoms with van der Waals surface area (Å²) in [5, 5.41) is 19.3. The van der Waals surface area contributed by atoms with Gasteiger partial charge in [-0.2, -0.15) is 5.10 Å². The molecule has 1 aliphatic heterocycles. The van der Waals surface area contributed by atoms with Crippen LogP contribution in [0.4, 0.5) is 0 Å². The van der Waals surface area contributed by atoms with Crippen LogP contribution in [0, 0.1) is 0 Å². The molecule has 1 aliphatic carbocycles. The largest absolute Gasteiger partial charge is 0.380 e. The summed E-state index contributed by atoms with van der Waals surface area (Å²) in [7, 11) is 0. The van der Waals surface area contributed by atoms with Gasteiger partial charge < -0.3 is 10.0 Å². The summed E-state index contributed by atoms with van der Waals surface area (Å²) in [4.78, 5) is 23.3. The fraction of sp³-hybridized carbons (Fsp3) is 0.417. The molecule has 7 nitrogen and oxygen atoms in total. The zero-order valence-electron chi connectivity index (χ0n) is 17.8. The standard InChI is InChI=1S/C24H26ClN5O2/c25-18-5-3-16(4-6-18)21-20(19-7-12-26-15-27-19)22(29-28-21)17-8-13-30(14-9-17)23(31)24(32)10-1-2-11-24/h3-7,12,15,17,32H,1-2,8-11,13-14H2,(H,28,29). The van der Waals surface area contributed by atoms with Crippen LogP contribution in [0.2, 0.25) is 5.02 Å². The molecule has 3 heterocycles. The smallest absolute Gasteiger partial charge is 0.254 e. The van der Waals surface area contributed by atoms with E-state index in [-0.39, 0.29) is 11.8 Å². The molecule has 2 fully saturated rings. The van der Waals surface area contributed by atoms with Crippen molar-refractivity contribution in [3.05, 3.63) is 53.6 Å². The highest BCUT2D eigenvalue weighted by molar-refractivity contribution is 6.30. The van der Waals surface area contributed by atoms with E-state index in [1.54, 1.807) is 12.5 Å².